The van der Waals surface area contributed by atoms with Crippen molar-refractivity contribution in [1.82, 2.24) is 0 Å². The number of phenols is 1. The summed E-state index contributed by atoms with van der Waals surface area (Å²) in [6, 6.07) is 5.79. The summed E-state index contributed by atoms with van der Waals surface area (Å²) in [5.41, 5.74) is -0.0323. The van der Waals surface area contributed by atoms with E-state index in [1.807, 2.05) is 0 Å². The van der Waals surface area contributed by atoms with E-state index in [0.717, 1.165) is 0 Å². The fraction of sp³-hybridized carbons (Fsp3) is 0.125. The van der Waals surface area contributed by atoms with E-state index < -0.39 is 20.2 Å². The minimum Gasteiger partial charge on any atom is -0.907 e. The number of phenolic OH excluding ortho intramolecular Hbond substituents is 1. The Morgan fingerprint density at radius 2 is 1.63 bits per heavy atom. The Morgan fingerprint density at radius 3 is 2.00 bits per heavy atom. The second-order valence-corrected chi connectivity index (χ2v) is 2.35. The van der Waals surface area contributed by atoms with Gasteiger partial charge in [0.15, 0.2) is 0 Å². The molecule has 1 aromatic rings. The van der Waals surface area contributed by atoms with Gasteiger partial charge in [-0.2, -0.15) is 0 Å². The van der Waals surface area contributed by atoms with Gasteiger partial charge in [-0.15, -0.1) is 0 Å². The van der Waals surface area contributed by atoms with Gasteiger partial charge < -0.3 is 24.9 Å². The summed E-state index contributed by atoms with van der Waals surface area (Å²) >= 11 is 0. The molecular formula is C8H7BFLi3O6. The van der Waals surface area contributed by atoms with Gasteiger partial charge in [0.05, 0.1) is 0 Å². The maximum atomic E-state index is 11.5. The first-order valence-electron chi connectivity index (χ1n) is 3.97. The number of rotatable bonds is 2. The van der Waals surface area contributed by atoms with Gasteiger partial charge in [-0.05, 0) is 12.1 Å². The van der Waals surface area contributed by atoms with E-state index in [2.05, 4.69) is 4.74 Å². The molecule has 0 aliphatic rings. The van der Waals surface area contributed by atoms with Crippen molar-refractivity contribution in [3.8, 4) is 5.75 Å². The zero-order valence-electron chi connectivity index (χ0n) is 11.0. The first kappa shape index (κ1) is 27.5. The molecule has 19 heavy (non-hydrogen) atoms. The number of para-hydroxylation sites is 1. The molecule has 1 aromatic carbocycles. The number of carbonyl (C=O) groups excluding carboxylic acids is 1. The average molecular weight is 250 g/mol. The number of aromatic hydroxyl groups is 1. The molecule has 1 rings (SSSR count). The van der Waals surface area contributed by atoms with Crippen molar-refractivity contribution >= 4 is 13.3 Å². The summed E-state index contributed by atoms with van der Waals surface area (Å²) in [4.78, 5) is 10.8. The number of benzene rings is 1. The molecule has 0 atom stereocenters. The Kier molecular flexibility index (Phi) is 23.5. The predicted molar refractivity (Wildman–Crippen MR) is 45.3 cm³/mol. The Labute approximate surface area is 146 Å². The minimum atomic E-state index is -2.92. The third-order valence-corrected chi connectivity index (χ3v) is 1.31. The summed E-state index contributed by atoms with van der Waals surface area (Å²) in [5, 5.41) is 34.3. The predicted octanol–water partition coefficient (Wildman–Crippen LogP) is -11.5. The third kappa shape index (κ3) is 14.4. The standard InChI is InChI=1S/C8H7FO3.BO3.3Li/c9-5-12-8(11)6-3-1-2-4-7(6)10;2-1(3)4;;;/h1-4,10H,5H2;;;;/q;-3;3*+1. The number of esters is 1. The van der Waals surface area contributed by atoms with Crippen molar-refractivity contribution in [2.75, 3.05) is 6.86 Å². The van der Waals surface area contributed by atoms with E-state index in [1.165, 1.54) is 12.1 Å². The van der Waals surface area contributed by atoms with E-state index in [1.54, 1.807) is 12.1 Å². The number of halogens is 1. The first-order chi connectivity index (χ1) is 7.49. The Hall–Kier alpha value is 0.157. The second kappa shape index (κ2) is 16.2. The van der Waals surface area contributed by atoms with E-state index in [0.29, 0.717) is 0 Å². The van der Waals surface area contributed by atoms with Gasteiger partial charge in [-0.3, -0.25) is 7.32 Å². The van der Waals surface area contributed by atoms with Crippen LogP contribution in [0.25, 0.3) is 0 Å². The van der Waals surface area contributed by atoms with E-state index >= 15 is 0 Å². The third-order valence-electron chi connectivity index (χ3n) is 1.31. The Morgan fingerprint density at radius 1 is 1.21 bits per heavy atom. The summed E-state index contributed by atoms with van der Waals surface area (Å²) in [7, 11) is -2.92. The molecule has 0 aliphatic heterocycles. The smallest absolute Gasteiger partial charge is 0.907 e. The van der Waals surface area contributed by atoms with Gasteiger partial charge in [0.2, 0.25) is 6.86 Å². The number of hydrogen-bond donors (Lipinski definition) is 1. The van der Waals surface area contributed by atoms with Gasteiger partial charge in [-0.1, -0.05) is 12.1 Å². The zero-order valence-corrected chi connectivity index (χ0v) is 11.0. The summed E-state index contributed by atoms with van der Waals surface area (Å²) in [6.45, 7) is -1.19. The minimum absolute atomic E-state index is 0. The van der Waals surface area contributed by atoms with Gasteiger partial charge in [-0.25, -0.2) is 9.18 Å². The average Bonchev–Trinajstić information content (AvgIpc) is 2.17. The van der Waals surface area contributed by atoms with Crippen molar-refractivity contribution in [2.45, 2.75) is 0 Å². The van der Waals surface area contributed by atoms with Crippen LogP contribution >= 0.6 is 0 Å². The Bertz CT molecular complexity index is 341. The number of carbonyl (C=O) groups is 1. The first-order valence-corrected chi connectivity index (χ1v) is 3.97. The summed E-state index contributed by atoms with van der Waals surface area (Å²) in [6.07, 6.45) is 0. The molecule has 0 bridgehead atoms. The number of hydrogen-bond acceptors (Lipinski definition) is 6. The fourth-order valence-corrected chi connectivity index (χ4v) is 0.774. The monoisotopic (exact) mass is 250 g/mol. The topological polar surface area (TPSA) is 116 Å². The van der Waals surface area contributed by atoms with Crippen LogP contribution in [0.1, 0.15) is 10.4 Å². The number of alkyl halides is 1. The van der Waals surface area contributed by atoms with Crippen molar-refractivity contribution in [3.63, 3.8) is 0 Å². The Balaban J connectivity index is -0.000000144. The molecule has 0 aromatic heterocycles. The molecule has 6 nitrogen and oxygen atoms in total. The molecule has 0 heterocycles. The summed E-state index contributed by atoms with van der Waals surface area (Å²) in [5.74, 6) is -1.08. The van der Waals surface area contributed by atoms with Crippen LogP contribution in [0.15, 0.2) is 24.3 Å². The van der Waals surface area contributed by atoms with Gasteiger partial charge in [0.1, 0.15) is 11.3 Å². The molecule has 0 unspecified atom stereocenters. The van der Waals surface area contributed by atoms with Crippen LogP contribution in [0, 0.1) is 0 Å². The molecule has 0 amide bonds. The molecule has 0 fully saturated rings. The molecule has 0 saturated carbocycles. The largest absolute Gasteiger partial charge is 1.00 e. The van der Waals surface area contributed by atoms with Crippen molar-refractivity contribution in [1.29, 1.82) is 0 Å². The van der Waals surface area contributed by atoms with Crippen LogP contribution in [0.3, 0.4) is 0 Å². The van der Waals surface area contributed by atoms with Crippen molar-refractivity contribution in [3.05, 3.63) is 29.8 Å². The molecule has 1 N–H and O–H groups in total. The van der Waals surface area contributed by atoms with Crippen LogP contribution in [-0.4, -0.2) is 25.3 Å². The molecule has 0 saturated heterocycles. The quantitative estimate of drug-likeness (QED) is 0.411. The van der Waals surface area contributed by atoms with Crippen LogP contribution in [0.5, 0.6) is 5.75 Å². The van der Waals surface area contributed by atoms with Crippen LogP contribution in [0.2, 0.25) is 0 Å². The molecule has 11 heteroatoms. The zero-order chi connectivity index (χ0) is 12.6. The van der Waals surface area contributed by atoms with Crippen LogP contribution < -0.4 is 71.7 Å². The number of ether oxygens (including phenoxy) is 1. The van der Waals surface area contributed by atoms with Crippen molar-refractivity contribution < 1.29 is 90.7 Å². The van der Waals surface area contributed by atoms with Gasteiger partial charge in [0.25, 0.3) is 0 Å². The van der Waals surface area contributed by atoms with Gasteiger partial charge in [0, 0.05) is 0 Å². The molecule has 0 spiro atoms. The van der Waals surface area contributed by atoms with Crippen molar-refractivity contribution in [2.24, 2.45) is 0 Å². The molecule has 88 valence electrons. The van der Waals surface area contributed by atoms with E-state index in [-0.39, 0.29) is 67.9 Å². The molecular weight excluding hydrogens is 243 g/mol. The normalized spacial score (nSPS) is 7.37. The SMILES string of the molecule is O=C(OCF)c1ccccc1O.[Li+].[Li+].[Li+].[O-]B([O-])[O-]. The van der Waals surface area contributed by atoms with E-state index in [4.69, 9.17) is 20.2 Å². The maximum Gasteiger partial charge on any atom is 1.00 e. The summed E-state index contributed by atoms with van der Waals surface area (Å²) < 4.78 is 15.6. The van der Waals surface area contributed by atoms with Gasteiger partial charge >= 0.3 is 62.6 Å². The van der Waals surface area contributed by atoms with Crippen LogP contribution in [0.4, 0.5) is 4.39 Å². The second-order valence-electron chi connectivity index (χ2n) is 2.35. The van der Waals surface area contributed by atoms with Crippen LogP contribution in [-0.2, 0) is 4.74 Å². The van der Waals surface area contributed by atoms with E-state index in [9.17, 15) is 9.18 Å². The molecule has 0 radical (unpaired) electrons. The maximum absolute atomic E-state index is 11.5. The fourth-order valence-electron chi connectivity index (χ4n) is 0.774. The molecule has 0 aliphatic carbocycles.